The zero-order valence-electron chi connectivity index (χ0n) is 17.7. The molecule has 0 spiro atoms. The Balaban J connectivity index is 1.88. The second-order valence-corrected chi connectivity index (χ2v) is 6.84. The number of anilines is 3. The van der Waals surface area contributed by atoms with Crippen molar-refractivity contribution in [2.75, 3.05) is 24.8 Å². The van der Waals surface area contributed by atoms with Gasteiger partial charge in [-0.2, -0.15) is 8.78 Å². The van der Waals surface area contributed by atoms with Crippen molar-refractivity contribution in [3.63, 3.8) is 0 Å². The highest BCUT2D eigenvalue weighted by molar-refractivity contribution is 5.97. The van der Waals surface area contributed by atoms with Crippen LogP contribution in [-0.2, 0) is 11.8 Å². The Morgan fingerprint density at radius 2 is 1.97 bits per heavy atom. The van der Waals surface area contributed by atoms with E-state index < -0.39 is 18.1 Å². The topological polar surface area (TPSA) is 129 Å². The highest BCUT2D eigenvalue weighted by atomic mass is 19.3. The minimum Gasteiger partial charge on any atom is -0.464 e. The van der Waals surface area contributed by atoms with Gasteiger partial charge in [0.05, 0.1) is 36.4 Å². The highest BCUT2D eigenvalue weighted by Crippen LogP contribution is 2.32. The van der Waals surface area contributed by atoms with Crippen LogP contribution in [0.5, 0.6) is 0 Å². The summed E-state index contributed by atoms with van der Waals surface area (Å²) in [7, 11) is 4.60. The molecule has 0 amide bonds. The Hall–Kier alpha value is -4.42. The van der Waals surface area contributed by atoms with Crippen LogP contribution in [0.4, 0.5) is 26.1 Å². The van der Waals surface area contributed by atoms with Gasteiger partial charge < -0.3 is 19.9 Å². The standard InChI is InChI=1S/C20H18F2N8O3/c1-23-17-15(11-6-24-7-12-14(11)25-9-29(12)2)27-16(19(32)33-3)18(28-17)26-10-4-5-13(31)30(8-10)20(21)22/h4-9,20H,1-3H3,(H2,23,26,28). The van der Waals surface area contributed by atoms with Gasteiger partial charge in [0.25, 0.3) is 5.56 Å². The molecule has 0 radical (unpaired) electrons. The van der Waals surface area contributed by atoms with E-state index in [1.165, 1.54) is 13.2 Å². The van der Waals surface area contributed by atoms with Crippen LogP contribution in [0.1, 0.15) is 17.0 Å². The van der Waals surface area contributed by atoms with Crippen LogP contribution < -0.4 is 16.2 Å². The van der Waals surface area contributed by atoms with E-state index in [4.69, 9.17) is 4.74 Å². The monoisotopic (exact) mass is 456 g/mol. The molecule has 0 saturated carbocycles. The van der Waals surface area contributed by atoms with E-state index in [-0.39, 0.29) is 33.3 Å². The number of aryl methyl sites for hydroxylation is 1. The van der Waals surface area contributed by atoms with Crippen LogP contribution in [0.15, 0.2) is 41.8 Å². The normalized spacial score (nSPS) is 11.1. The first kappa shape index (κ1) is 21.8. The van der Waals surface area contributed by atoms with Crippen LogP contribution in [0.2, 0.25) is 0 Å². The average molecular weight is 456 g/mol. The Morgan fingerprint density at radius 3 is 2.67 bits per heavy atom. The van der Waals surface area contributed by atoms with Gasteiger partial charge in [-0.1, -0.05) is 0 Å². The molecule has 4 aromatic heterocycles. The van der Waals surface area contributed by atoms with Crippen LogP contribution in [0, 0.1) is 0 Å². The van der Waals surface area contributed by atoms with Crippen molar-refractivity contribution in [2.45, 2.75) is 6.55 Å². The molecule has 0 fully saturated rings. The number of halogens is 2. The SMILES string of the molecule is CNc1nc(Nc2ccc(=O)n(C(F)F)c2)c(C(=O)OC)nc1-c1cncc2c1ncn2C. The molecule has 0 aliphatic rings. The van der Waals surface area contributed by atoms with Gasteiger partial charge in [-0.25, -0.2) is 19.7 Å². The summed E-state index contributed by atoms with van der Waals surface area (Å²) >= 11 is 0. The fourth-order valence-electron chi connectivity index (χ4n) is 3.21. The lowest BCUT2D eigenvalue weighted by Crippen LogP contribution is -2.20. The summed E-state index contributed by atoms with van der Waals surface area (Å²) in [5.41, 5.74) is 1.17. The van der Waals surface area contributed by atoms with Gasteiger partial charge in [-0.15, -0.1) is 0 Å². The third kappa shape index (κ3) is 3.95. The lowest BCUT2D eigenvalue weighted by atomic mass is 10.1. The first-order valence-corrected chi connectivity index (χ1v) is 9.55. The fourth-order valence-corrected chi connectivity index (χ4v) is 3.21. The van der Waals surface area contributed by atoms with E-state index in [1.807, 2.05) is 7.05 Å². The number of hydrogen-bond acceptors (Lipinski definition) is 9. The molecular formula is C20H18F2N8O3. The van der Waals surface area contributed by atoms with Gasteiger partial charge in [0.1, 0.15) is 11.2 Å². The van der Waals surface area contributed by atoms with Crippen molar-refractivity contribution in [1.82, 2.24) is 29.1 Å². The van der Waals surface area contributed by atoms with Crippen molar-refractivity contribution >= 4 is 34.3 Å². The number of nitrogens with one attached hydrogen (secondary N) is 2. The Morgan fingerprint density at radius 1 is 1.18 bits per heavy atom. The number of carbonyl (C=O) groups is 1. The number of nitrogens with zero attached hydrogens (tertiary/aromatic N) is 6. The van der Waals surface area contributed by atoms with Crippen LogP contribution >= 0.6 is 0 Å². The number of rotatable bonds is 6. The summed E-state index contributed by atoms with van der Waals surface area (Å²) in [5.74, 6) is -0.597. The molecule has 2 N–H and O–H groups in total. The number of methoxy groups -OCH3 is 1. The number of fused-ring (bicyclic) bond motifs is 1. The Kier molecular flexibility index (Phi) is 5.69. The molecule has 0 aliphatic carbocycles. The summed E-state index contributed by atoms with van der Waals surface area (Å²) < 4.78 is 33.1. The largest absolute Gasteiger partial charge is 0.464 e. The predicted molar refractivity (Wildman–Crippen MR) is 116 cm³/mol. The van der Waals surface area contributed by atoms with E-state index >= 15 is 0 Å². The van der Waals surface area contributed by atoms with Crippen LogP contribution in [0.25, 0.3) is 22.3 Å². The molecule has 0 unspecified atom stereocenters. The zero-order chi connectivity index (χ0) is 23.7. The van der Waals surface area contributed by atoms with Crippen molar-refractivity contribution in [3.05, 3.63) is 53.1 Å². The first-order chi connectivity index (χ1) is 15.8. The summed E-state index contributed by atoms with van der Waals surface area (Å²) in [6.45, 7) is -3.04. The Bertz CT molecular complexity index is 1420. The minimum atomic E-state index is -3.04. The van der Waals surface area contributed by atoms with E-state index in [0.717, 1.165) is 17.8 Å². The van der Waals surface area contributed by atoms with Crippen LogP contribution in [0.3, 0.4) is 0 Å². The van der Waals surface area contributed by atoms with Gasteiger partial charge in [0.2, 0.25) is 0 Å². The minimum absolute atomic E-state index is 0.0597. The first-order valence-electron chi connectivity index (χ1n) is 9.55. The number of pyridine rings is 2. The second-order valence-electron chi connectivity index (χ2n) is 6.84. The Labute approximate surface area is 185 Å². The summed E-state index contributed by atoms with van der Waals surface area (Å²) in [4.78, 5) is 41.6. The van der Waals surface area contributed by atoms with Gasteiger partial charge in [-0.3, -0.25) is 14.3 Å². The van der Waals surface area contributed by atoms with Gasteiger partial charge in [0, 0.05) is 32.6 Å². The zero-order valence-corrected chi connectivity index (χ0v) is 17.7. The maximum absolute atomic E-state index is 13.1. The molecule has 4 heterocycles. The van der Waals surface area contributed by atoms with Gasteiger partial charge >= 0.3 is 12.5 Å². The number of hydrogen-bond donors (Lipinski definition) is 2. The molecule has 0 bridgehead atoms. The molecule has 0 aliphatic heterocycles. The van der Waals surface area contributed by atoms with Gasteiger partial charge in [-0.05, 0) is 6.07 Å². The van der Waals surface area contributed by atoms with E-state index in [1.54, 1.807) is 30.3 Å². The highest BCUT2D eigenvalue weighted by Gasteiger charge is 2.23. The number of carbonyl (C=O) groups excluding carboxylic acids is 1. The molecule has 4 aromatic rings. The number of ether oxygens (including phenoxy) is 1. The summed E-state index contributed by atoms with van der Waals surface area (Å²) in [6.07, 6.45) is 5.74. The predicted octanol–water partition coefficient (Wildman–Crippen LogP) is 2.55. The number of aromatic nitrogens is 6. The number of alkyl halides is 2. The maximum Gasteiger partial charge on any atom is 0.360 e. The molecule has 33 heavy (non-hydrogen) atoms. The third-order valence-corrected chi connectivity index (χ3v) is 4.82. The van der Waals surface area contributed by atoms with E-state index in [2.05, 4.69) is 30.6 Å². The van der Waals surface area contributed by atoms with Gasteiger partial charge in [0.15, 0.2) is 17.3 Å². The molecule has 0 aromatic carbocycles. The van der Waals surface area contributed by atoms with Crippen molar-refractivity contribution in [3.8, 4) is 11.3 Å². The lowest BCUT2D eigenvalue weighted by molar-refractivity contribution is 0.0594. The summed E-state index contributed by atoms with van der Waals surface area (Å²) in [5, 5.41) is 5.67. The molecule has 11 nitrogen and oxygen atoms in total. The van der Waals surface area contributed by atoms with Crippen molar-refractivity contribution in [2.24, 2.45) is 7.05 Å². The average Bonchev–Trinajstić information content (AvgIpc) is 3.20. The molecular weight excluding hydrogens is 438 g/mol. The third-order valence-electron chi connectivity index (χ3n) is 4.82. The van der Waals surface area contributed by atoms with E-state index in [0.29, 0.717) is 11.1 Å². The molecule has 170 valence electrons. The van der Waals surface area contributed by atoms with E-state index in [9.17, 15) is 18.4 Å². The lowest BCUT2D eigenvalue weighted by Gasteiger charge is -2.15. The fraction of sp³-hybridized carbons (Fsp3) is 0.200. The molecule has 0 atom stereocenters. The van der Waals surface area contributed by atoms with Crippen LogP contribution in [-0.4, -0.2) is 49.2 Å². The smallest absolute Gasteiger partial charge is 0.360 e. The van der Waals surface area contributed by atoms with Crippen molar-refractivity contribution < 1.29 is 18.3 Å². The molecule has 4 rings (SSSR count). The number of esters is 1. The maximum atomic E-state index is 13.1. The second kappa shape index (κ2) is 8.61. The molecule has 0 saturated heterocycles. The number of imidazole rings is 1. The molecule has 13 heteroatoms. The van der Waals surface area contributed by atoms with Crippen molar-refractivity contribution in [1.29, 1.82) is 0 Å². The quantitative estimate of drug-likeness (QED) is 0.421. The summed E-state index contributed by atoms with van der Waals surface area (Å²) in [6, 6.07) is 2.26.